The van der Waals surface area contributed by atoms with E-state index < -0.39 is 11.9 Å². The molecule has 0 aromatic rings. The van der Waals surface area contributed by atoms with Gasteiger partial charge in [0.05, 0.1) is 6.61 Å². The minimum Gasteiger partial charge on any atom is -0.465 e. The number of hydrogen-bond donors (Lipinski definition) is 0. The fraction of sp³-hybridized carbons (Fsp3) is 0.636. The van der Waals surface area contributed by atoms with Crippen LogP contribution < -0.4 is 0 Å². The fourth-order valence-electron chi connectivity index (χ4n) is 1.21. The zero-order chi connectivity index (χ0) is 11.7. The topological polar surface area (TPSA) is 43.4 Å². The van der Waals surface area contributed by atoms with E-state index in [-0.39, 0.29) is 5.78 Å². The van der Waals surface area contributed by atoms with Crippen molar-refractivity contribution in [2.45, 2.75) is 33.1 Å². The Morgan fingerprint density at radius 1 is 1.40 bits per heavy atom. The summed E-state index contributed by atoms with van der Waals surface area (Å²) >= 11 is 5.37. The van der Waals surface area contributed by atoms with Gasteiger partial charge < -0.3 is 4.74 Å². The van der Waals surface area contributed by atoms with Gasteiger partial charge in [-0.2, -0.15) is 0 Å². The maximum atomic E-state index is 11.6. The highest BCUT2D eigenvalue weighted by Crippen LogP contribution is 2.12. The highest BCUT2D eigenvalue weighted by molar-refractivity contribution is 6.25. The van der Waals surface area contributed by atoms with E-state index in [0.29, 0.717) is 19.4 Å². The fourth-order valence-corrected chi connectivity index (χ4v) is 1.31. The summed E-state index contributed by atoms with van der Waals surface area (Å²) < 4.78 is 4.83. The predicted molar refractivity (Wildman–Crippen MR) is 59.6 cm³/mol. The van der Waals surface area contributed by atoms with Crippen molar-refractivity contribution in [3.8, 4) is 0 Å². The van der Waals surface area contributed by atoms with Crippen LogP contribution in [0.1, 0.15) is 33.1 Å². The van der Waals surface area contributed by atoms with Crippen LogP contribution in [0.25, 0.3) is 0 Å². The second-order valence-corrected chi connectivity index (χ2v) is 3.37. The van der Waals surface area contributed by atoms with Gasteiger partial charge in [-0.1, -0.05) is 24.6 Å². The number of rotatable bonds is 7. The molecule has 0 spiro atoms. The molecule has 3 nitrogen and oxygen atoms in total. The average molecular weight is 233 g/mol. The molecule has 0 aliphatic carbocycles. The molecule has 86 valence electrons. The quantitative estimate of drug-likeness (QED) is 0.501. The Hall–Kier alpha value is -0.830. The molecule has 0 aromatic carbocycles. The lowest BCUT2D eigenvalue weighted by molar-refractivity contribution is -0.151. The Balaban J connectivity index is 4.41. The molecule has 4 heteroatoms. The predicted octanol–water partition coefficient (Wildman–Crippen LogP) is 2.68. The van der Waals surface area contributed by atoms with Crippen LogP contribution in [0, 0.1) is 5.92 Å². The van der Waals surface area contributed by atoms with Crippen molar-refractivity contribution in [3.63, 3.8) is 0 Å². The molecular formula is C11H17ClO3. The normalized spacial score (nSPS) is 12.7. The second-order valence-electron chi connectivity index (χ2n) is 3.12. The third-order valence-electron chi connectivity index (χ3n) is 1.92. The number of Topliss-reactive ketones (excluding diaryl/α,β-unsaturated/α-hetero) is 1. The van der Waals surface area contributed by atoms with Gasteiger partial charge >= 0.3 is 5.97 Å². The van der Waals surface area contributed by atoms with Gasteiger partial charge in [0.1, 0.15) is 11.7 Å². The van der Waals surface area contributed by atoms with E-state index in [1.165, 1.54) is 5.54 Å². The first-order chi connectivity index (χ1) is 7.17. The molecule has 0 aliphatic heterocycles. The largest absolute Gasteiger partial charge is 0.465 e. The van der Waals surface area contributed by atoms with Gasteiger partial charge in [-0.3, -0.25) is 9.59 Å². The Kier molecular flexibility index (Phi) is 8.01. The molecule has 0 saturated heterocycles. The number of halogens is 1. The average Bonchev–Trinajstić information content (AvgIpc) is 2.19. The summed E-state index contributed by atoms with van der Waals surface area (Å²) in [7, 11) is 0. The van der Waals surface area contributed by atoms with E-state index in [1.54, 1.807) is 13.0 Å². The van der Waals surface area contributed by atoms with Crippen LogP contribution in [0.5, 0.6) is 0 Å². The zero-order valence-electron chi connectivity index (χ0n) is 9.16. The Morgan fingerprint density at radius 2 is 2.07 bits per heavy atom. The Morgan fingerprint density at radius 3 is 2.53 bits per heavy atom. The van der Waals surface area contributed by atoms with E-state index in [9.17, 15) is 9.59 Å². The van der Waals surface area contributed by atoms with Gasteiger partial charge in [0.15, 0.2) is 0 Å². The van der Waals surface area contributed by atoms with Crippen LogP contribution in [-0.4, -0.2) is 18.4 Å². The highest BCUT2D eigenvalue weighted by Gasteiger charge is 2.25. The molecular weight excluding hydrogens is 216 g/mol. The third kappa shape index (κ3) is 5.57. The first-order valence-corrected chi connectivity index (χ1v) is 5.55. The lowest BCUT2D eigenvalue weighted by atomic mass is 9.97. The number of ether oxygens (including phenoxy) is 1. The minimum atomic E-state index is -0.695. The monoisotopic (exact) mass is 232 g/mol. The van der Waals surface area contributed by atoms with E-state index >= 15 is 0 Å². The number of allylic oxidation sites excluding steroid dienone is 1. The summed E-state index contributed by atoms with van der Waals surface area (Å²) in [5.41, 5.74) is 1.31. The van der Waals surface area contributed by atoms with Gasteiger partial charge in [0.25, 0.3) is 0 Å². The molecule has 0 fully saturated rings. The van der Waals surface area contributed by atoms with Gasteiger partial charge in [-0.25, -0.2) is 0 Å². The van der Waals surface area contributed by atoms with Crippen LogP contribution in [-0.2, 0) is 14.3 Å². The Labute approximate surface area is 95.4 Å². The number of carbonyl (C=O) groups excluding carboxylic acids is 2. The summed E-state index contributed by atoms with van der Waals surface area (Å²) in [5.74, 6) is -1.23. The molecule has 0 aliphatic rings. The van der Waals surface area contributed by atoms with Crippen molar-refractivity contribution in [2.24, 2.45) is 5.92 Å². The van der Waals surface area contributed by atoms with E-state index in [0.717, 1.165) is 6.42 Å². The van der Waals surface area contributed by atoms with Crippen LogP contribution in [0.3, 0.4) is 0 Å². The Bertz CT molecular complexity index is 218. The number of hydrogen-bond acceptors (Lipinski definition) is 3. The van der Waals surface area contributed by atoms with Crippen molar-refractivity contribution >= 4 is 23.4 Å². The molecule has 0 bridgehead atoms. The smallest absolute Gasteiger partial charge is 0.316 e. The van der Waals surface area contributed by atoms with E-state index in [2.05, 4.69) is 0 Å². The standard InChI is InChI=1S/C11H17ClO3/c1-3-6-10(13)9(7-5-8-12)11(14)15-4-2/h5,8-9H,3-4,6-7H2,1-2H3. The number of carbonyl (C=O) groups is 2. The highest BCUT2D eigenvalue weighted by atomic mass is 35.5. The van der Waals surface area contributed by atoms with Crippen LogP contribution >= 0.6 is 11.6 Å². The molecule has 0 rings (SSSR count). The molecule has 1 atom stereocenters. The molecule has 0 saturated carbocycles. The molecule has 0 amide bonds. The molecule has 15 heavy (non-hydrogen) atoms. The third-order valence-corrected chi connectivity index (χ3v) is 2.10. The maximum absolute atomic E-state index is 11.6. The lowest BCUT2D eigenvalue weighted by Gasteiger charge is -2.11. The van der Waals surface area contributed by atoms with E-state index in [1.807, 2.05) is 6.92 Å². The SMILES string of the molecule is CCCC(=O)C(CC=CCl)C(=O)OCC. The zero-order valence-corrected chi connectivity index (χ0v) is 9.92. The first-order valence-electron chi connectivity index (χ1n) is 5.11. The van der Waals surface area contributed by atoms with Crippen molar-refractivity contribution in [3.05, 3.63) is 11.6 Å². The molecule has 0 radical (unpaired) electrons. The van der Waals surface area contributed by atoms with Crippen molar-refractivity contribution in [2.75, 3.05) is 6.61 Å². The molecule has 0 heterocycles. The summed E-state index contributed by atoms with van der Waals surface area (Å²) in [5, 5.41) is 0. The number of ketones is 1. The van der Waals surface area contributed by atoms with E-state index in [4.69, 9.17) is 16.3 Å². The van der Waals surface area contributed by atoms with Crippen LogP contribution in [0.2, 0.25) is 0 Å². The van der Waals surface area contributed by atoms with Crippen molar-refractivity contribution in [1.82, 2.24) is 0 Å². The van der Waals surface area contributed by atoms with Gasteiger partial charge in [0, 0.05) is 12.0 Å². The molecule has 0 aromatic heterocycles. The molecule has 1 unspecified atom stereocenters. The maximum Gasteiger partial charge on any atom is 0.316 e. The summed E-state index contributed by atoms with van der Waals surface area (Å²) in [4.78, 5) is 23.0. The number of esters is 1. The lowest BCUT2D eigenvalue weighted by Crippen LogP contribution is -2.25. The summed E-state index contributed by atoms with van der Waals surface area (Å²) in [6, 6.07) is 0. The second kappa shape index (κ2) is 8.48. The minimum absolute atomic E-state index is 0.0780. The van der Waals surface area contributed by atoms with Crippen molar-refractivity contribution in [1.29, 1.82) is 0 Å². The summed E-state index contributed by atoms with van der Waals surface area (Å²) in [6.45, 7) is 3.91. The summed E-state index contributed by atoms with van der Waals surface area (Å²) in [6.07, 6.45) is 3.05. The van der Waals surface area contributed by atoms with Gasteiger partial charge in [0.2, 0.25) is 0 Å². The van der Waals surface area contributed by atoms with Crippen molar-refractivity contribution < 1.29 is 14.3 Å². The van der Waals surface area contributed by atoms with Gasteiger partial charge in [-0.05, 0) is 19.8 Å². The van der Waals surface area contributed by atoms with Crippen LogP contribution in [0.4, 0.5) is 0 Å². The van der Waals surface area contributed by atoms with Gasteiger partial charge in [-0.15, -0.1) is 0 Å². The molecule has 0 N–H and O–H groups in total. The first kappa shape index (κ1) is 14.2. The van der Waals surface area contributed by atoms with Crippen LogP contribution in [0.15, 0.2) is 11.6 Å².